The van der Waals surface area contributed by atoms with Gasteiger partial charge >= 0.3 is 0 Å². The van der Waals surface area contributed by atoms with E-state index < -0.39 is 0 Å². The van der Waals surface area contributed by atoms with Crippen molar-refractivity contribution in [2.24, 2.45) is 0 Å². The first kappa shape index (κ1) is 12.3. The Labute approximate surface area is 110 Å². The number of halogens is 1. The lowest BCUT2D eigenvalue weighted by atomic mass is 10.2. The number of benzene rings is 1. The molecule has 2 rings (SSSR count). The van der Waals surface area contributed by atoms with Gasteiger partial charge in [-0.15, -0.1) is 22.9 Å². The highest BCUT2D eigenvalue weighted by molar-refractivity contribution is 7.98. The van der Waals surface area contributed by atoms with Crippen LogP contribution in [0.2, 0.25) is 0 Å². The van der Waals surface area contributed by atoms with Gasteiger partial charge in [0.25, 0.3) is 0 Å². The van der Waals surface area contributed by atoms with Crippen molar-refractivity contribution in [2.75, 3.05) is 11.6 Å². The van der Waals surface area contributed by atoms with Gasteiger partial charge in [0.1, 0.15) is 0 Å². The normalized spacial score (nSPS) is 11.1. The van der Waals surface area contributed by atoms with E-state index in [2.05, 4.69) is 30.3 Å². The summed E-state index contributed by atoms with van der Waals surface area (Å²) < 4.78 is 1.40. The van der Waals surface area contributed by atoms with Crippen molar-refractivity contribution < 1.29 is 0 Å². The molecule has 0 fully saturated rings. The molecule has 1 aromatic carbocycles. The first-order valence-electron chi connectivity index (χ1n) is 5.51. The van der Waals surface area contributed by atoms with E-state index in [-0.39, 0.29) is 0 Å². The van der Waals surface area contributed by atoms with E-state index >= 15 is 0 Å². The third kappa shape index (κ3) is 3.41. The van der Waals surface area contributed by atoms with Crippen LogP contribution in [0, 0.1) is 0 Å². The fraction of sp³-hybridized carbons (Fsp3) is 0.385. The summed E-state index contributed by atoms with van der Waals surface area (Å²) in [6, 6.07) is 10.9. The molecule has 2 aromatic rings. The van der Waals surface area contributed by atoms with Crippen molar-refractivity contribution in [3.63, 3.8) is 0 Å². The Bertz CT molecular complexity index is 403. The van der Waals surface area contributed by atoms with Gasteiger partial charge in [-0.05, 0) is 36.1 Å². The molecule has 0 spiro atoms. The molecule has 0 atom stereocenters. The maximum absolute atomic E-state index is 5.64. The van der Waals surface area contributed by atoms with Crippen molar-refractivity contribution in [1.29, 1.82) is 0 Å². The number of hydrogen-bond donors (Lipinski definition) is 0. The zero-order valence-corrected chi connectivity index (χ0v) is 11.5. The number of thiophene rings is 1. The monoisotopic (exact) mass is 270 g/mol. The summed E-state index contributed by atoms with van der Waals surface area (Å²) in [5.74, 6) is 3.16. The molecular weight excluding hydrogens is 256 g/mol. The van der Waals surface area contributed by atoms with Crippen molar-refractivity contribution in [1.82, 2.24) is 0 Å². The Morgan fingerprint density at radius 3 is 2.88 bits per heavy atom. The van der Waals surface area contributed by atoms with Gasteiger partial charge in [-0.1, -0.05) is 18.2 Å². The number of thioether (sulfide) groups is 1. The topological polar surface area (TPSA) is 0 Å². The molecule has 0 aliphatic rings. The molecule has 3 heteroatoms. The first-order chi connectivity index (χ1) is 7.90. The average molecular weight is 271 g/mol. The predicted molar refractivity (Wildman–Crippen MR) is 77.9 cm³/mol. The van der Waals surface area contributed by atoms with E-state index in [4.69, 9.17) is 11.6 Å². The lowest BCUT2D eigenvalue weighted by Gasteiger charge is -1.97. The Morgan fingerprint density at radius 2 is 2.06 bits per heavy atom. The molecule has 0 saturated heterocycles. The third-order valence-electron chi connectivity index (χ3n) is 2.39. The highest BCUT2D eigenvalue weighted by Crippen LogP contribution is 2.28. The van der Waals surface area contributed by atoms with Crippen molar-refractivity contribution in [3.8, 4) is 0 Å². The van der Waals surface area contributed by atoms with E-state index in [1.165, 1.54) is 27.1 Å². The van der Waals surface area contributed by atoms with Crippen molar-refractivity contribution in [3.05, 3.63) is 35.2 Å². The number of rotatable bonds is 6. The van der Waals surface area contributed by atoms with Crippen LogP contribution >= 0.6 is 34.7 Å². The molecule has 0 aliphatic heterocycles. The van der Waals surface area contributed by atoms with E-state index in [0.717, 1.165) is 18.1 Å². The predicted octanol–water partition coefficient (Wildman–Crippen LogP) is 5.15. The van der Waals surface area contributed by atoms with Gasteiger partial charge in [0.2, 0.25) is 0 Å². The average Bonchev–Trinajstić information content (AvgIpc) is 2.71. The fourth-order valence-corrected chi connectivity index (χ4v) is 3.95. The zero-order valence-electron chi connectivity index (χ0n) is 9.12. The minimum absolute atomic E-state index is 0.795. The summed E-state index contributed by atoms with van der Waals surface area (Å²) >= 11 is 9.57. The van der Waals surface area contributed by atoms with Crippen LogP contribution < -0.4 is 0 Å². The molecule has 0 unspecified atom stereocenters. The Hall–Kier alpha value is -0.180. The molecule has 0 saturated carbocycles. The Morgan fingerprint density at radius 1 is 1.19 bits per heavy atom. The fourth-order valence-electron chi connectivity index (χ4n) is 1.58. The summed E-state index contributed by atoms with van der Waals surface area (Å²) in [5, 5.41) is 1.38. The number of unbranched alkanes of at least 4 members (excludes halogenated alkanes) is 1. The minimum Gasteiger partial charge on any atom is -0.156 e. The van der Waals surface area contributed by atoms with Crippen LogP contribution in [0.3, 0.4) is 0 Å². The molecule has 0 radical (unpaired) electrons. The van der Waals surface area contributed by atoms with E-state index in [0.29, 0.717) is 0 Å². The summed E-state index contributed by atoms with van der Waals surface area (Å²) in [7, 11) is 0. The van der Waals surface area contributed by atoms with Gasteiger partial charge in [0.15, 0.2) is 0 Å². The van der Waals surface area contributed by atoms with Gasteiger partial charge < -0.3 is 0 Å². The smallest absolute Gasteiger partial charge is 0.0345 e. The molecule has 0 amide bonds. The molecule has 0 aliphatic carbocycles. The highest BCUT2D eigenvalue weighted by Gasteiger charge is 2.00. The summed E-state index contributed by atoms with van der Waals surface area (Å²) in [4.78, 5) is 1.48. The minimum atomic E-state index is 0.795. The lowest BCUT2D eigenvalue weighted by Crippen LogP contribution is -1.82. The molecule has 16 heavy (non-hydrogen) atoms. The largest absolute Gasteiger partial charge is 0.156 e. The maximum atomic E-state index is 5.64. The van der Waals surface area contributed by atoms with E-state index in [1.807, 2.05) is 23.1 Å². The molecule has 0 bridgehead atoms. The third-order valence-corrected chi connectivity index (χ3v) is 5.05. The van der Waals surface area contributed by atoms with Gasteiger partial charge in [-0.3, -0.25) is 0 Å². The summed E-state index contributed by atoms with van der Waals surface area (Å²) in [6.45, 7) is 0. The summed E-state index contributed by atoms with van der Waals surface area (Å²) in [6.07, 6.45) is 2.38. The molecule has 1 heterocycles. The second-order valence-electron chi connectivity index (χ2n) is 3.70. The van der Waals surface area contributed by atoms with Crippen molar-refractivity contribution >= 4 is 44.8 Å². The SMILES string of the molecule is ClCCCCSCc1cc2ccccc2s1. The van der Waals surface area contributed by atoms with Crippen LogP contribution in [0.1, 0.15) is 17.7 Å². The highest BCUT2D eigenvalue weighted by atomic mass is 35.5. The van der Waals surface area contributed by atoms with Crippen LogP contribution in [0.15, 0.2) is 30.3 Å². The standard InChI is InChI=1S/C13H15ClS2/c14-7-3-4-8-15-10-12-9-11-5-1-2-6-13(11)16-12/h1-2,5-6,9H,3-4,7-8,10H2. The quantitative estimate of drug-likeness (QED) is 0.516. The van der Waals surface area contributed by atoms with E-state index in [1.54, 1.807) is 0 Å². The number of alkyl halides is 1. The van der Waals surface area contributed by atoms with Gasteiger partial charge in [0, 0.05) is 21.2 Å². The molecule has 1 aromatic heterocycles. The molecule has 0 nitrogen and oxygen atoms in total. The van der Waals surface area contributed by atoms with Gasteiger partial charge in [-0.2, -0.15) is 11.8 Å². The van der Waals surface area contributed by atoms with Crippen LogP contribution in [0.25, 0.3) is 10.1 Å². The van der Waals surface area contributed by atoms with Crippen LogP contribution in [-0.2, 0) is 5.75 Å². The lowest BCUT2D eigenvalue weighted by molar-refractivity contribution is 0.903. The van der Waals surface area contributed by atoms with Gasteiger partial charge in [0.05, 0.1) is 0 Å². The van der Waals surface area contributed by atoms with Gasteiger partial charge in [-0.25, -0.2) is 0 Å². The molecule has 86 valence electrons. The Kier molecular flexibility index (Phi) is 5.01. The number of fused-ring (bicyclic) bond motifs is 1. The molecular formula is C13H15ClS2. The Balaban J connectivity index is 1.85. The number of hydrogen-bond acceptors (Lipinski definition) is 2. The van der Waals surface area contributed by atoms with Crippen LogP contribution in [0.4, 0.5) is 0 Å². The zero-order chi connectivity index (χ0) is 11.2. The van der Waals surface area contributed by atoms with Crippen LogP contribution in [0.5, 0.6) is 0 Å². The second-order valence-corrected chi connectivity index (χ2v) is 6.35. The van der Waals surface area contributed by atoms with Crippen LogP contribution in [-0.4, -0.2) is 11.6 Å². The van der Waals surface area contributed by atoms with E-state index in [9.17, 15) is 0 Å². The summed E-state index contributed by atoms with van der Waals surface area (Å²) in [5.41, 5.74) is 0. The van der Waals surface area contributed by atoms with Crippen molar-refractivity contribution in [2.45, 2.75) is 18.6 Å². The second kappa shape index (κ2) is 6.53. The maximum Gasteiger partial charge on any atom is 0.0345 e. The molecule has 0 N–H and O–H groups in total. The first-order valence-corrected chi connectivity index (χ1v) is 8.02.